The van der Waals surface area contributed by atoms with Crippen molar-refractivity contribution in [2.75, 3.05) is 26.2 Å². The minimum absolute atomic E-state index is 0.982. The van der Waals surface area contributed by atoms with E-state index < -0.39 is 0 Å². The standard InChI is InChI=1S/C26H44N2S6/c1-5-9-17-27(18-10-6-2)25(29)33-31-21-23-13-15-24(16-14-23)22-32-34-26(30)28(19-11-7-3)20-12-8-4/h13-16H,5-12,17-22H2,1-4H3. The van der Waals surface area contributed by atoms with Crippen molar-refractivity contribution in [2.45, 2.75) is 90.6 Å². The topological polar surface area (TPSA) is 6.48 Å². The maximum absolute atomic E-state index is 5.72. The third-order valence-corrected chi connectivity index (χ3v) is 11.3. The van der Waals surface area contributed by atoms with E-state index in [0.717, 1.165) is 46.3 Å². The summed E-state index contributed by atoms with van der Waals surface area (Å²) in [6.07, 6.45) is 9.73. The molecule has 0 amide bonds. The Labute approximate surface area is 236 Å². The van der Waals surface area contributed by atoms with Crippen LogP contribution in [-0.2, 0) is 11.5 Å². The molecule has 0 heterocycles. The molecule has 1 rings (SSSR count). The Kier molecular flexibility index (Phi) is 20.5. The number of nitrogens with zero attached hydrogens (tertiary/aromatic N) is 2. The van der Waals surface area contributed by atoms with Gasteiger partial charge in [0, 0.05) is 37.7 Å². The van der Waals surface area contributed by atoms with Crippen molar-refractivity contribution >= 4 is 76.3 Å². The van der Waals surface area contributed by atoms with Gasteiger partial charge in [-0.3, -0.25) is 0 Å². The SMILES string of the molecule is CCCCN(CCCC)C(=S)SSCc1ccc(CSSC(=S)N(CCCC)CCCC)cc1. The summed E-state index contributed by atoms with van der Waals surface area (Å²) < 4.78 is 2.08. The van der Waals surface area contributed by atoms with Crippen LogP contribution in [0.1, 0.15) is 90.2 Å². The Balaban J connectivity index is 2.39. The zero-order chi connectivity index (χ0) is 25.0. The molecule has 0 aromatic heterocycles. The van der Waals surface area contributed by atoms with Gasteiger partial charge >= 0.3 is 0 Å². The van der Waals surface area contributed by atoms with Crippen LogP contribution in [-0.4, -0.2) is 44.6 Å². The molecule has 0 atom stereocenters. The van der Waals surface area contributed by atoms with Gasteiger partial charge in [-0.15, -0.1) is 0 Å². The van der Waals surface area contributed by atoms with E-state index in [-0.39, 0.29) is 0 Å². The quantitative estimate of drug-likeness (QED) is 0.124. The summed E-state index contributed by atoms with van der Waals surface area (Å²) in [5.41, 5.74) is 2.72. The van der Waals surface area contributed by atoms with E-state index in [1.165, 1.54) is 62.5 Å². The Hall–Kier alpha value is 0.400. The predicted molar refractivity (Wildman–Crippen MR) is 172 cm³/mol. The average Bonchev–Trinajstić information content (AvgIpc) is 2.85. The highest BCUT2D eigenvalue weighted by atomic mass is 33.1. The summed E-state index contributed by atoms with van der Waals surface area (Å²) in [6.45, 7) is 13.3. The minimum atomic E-state index is 0.982. The molecule has 0 fully saturated rings. The lowest BCUT2D eigenvalue weighted by atomic mass is 10.2. The fourth-order valence-corrected chi connectivity index (χ4v) is 8.31. The zero-order valence-corrected chi connectivity index (χ0v) is 26.5. The molecule has 0 N–H and O–H groups in total. The number of rotatable bonds is 18. The number of benzene rings is 1. The van der Waals surface area contributed by atoms with Gasteiger partial charge in [-0.2, -0.15) is 0 Å². The second kappa shape index (κ2) is 21.5. The van der Waals surface area contributed by atoms with E-state index in [4.69, 9.17) is 24.4 Å². The van der Waals surface area contributed by atoms with Gasteiger partial charge < -0.3 is 9.80 Å². The highest BCUT2D eigenvalue weighted by molar-refractivity contribution is 8.83. The first-order valence-corrected chi connectivity index (χ1v) is 18.3. The lowest BCUT2D eigenvalue weighted by Gasteiger charge is -2.24. The molecule has 194 valence electrons. The maximum Gasteiger partial charge on any atom is 0.147 e. The maximum atomic E-state index is 5.72. The first-order valence-electron chi connectivity index (χ1n) is 12.8. The molecule has 0 radical (unpaired) electrons. The first-order chi connectivity index (χ1) is 16.5. The van der Waals surface area contributed by atoms with Gasteiger partial charge in [-0.25, -0.2) is 0 Å². The molecule has 0 aliphatic heterocycles. The molecule has 2 nitrogen and oxygen atoms in total. The highest BCUT2D eigenvalue weighted by Gasteiger charge is 2.11. The van der Waals surface area contributed by atoms with E-state index in [1.807, 2.05) is 21.6 Å². The van der Waals surface area contributed by atoms with E-state index in [0.29, 0.717) is 0 Å². The molecule has 34 heavy (non-hydrogen) atoms. The van der Waals surface area contributed by atoms with Crippen LogP contribution in [0.3, 0.4) is 0 Å². The van der Waals surface area contributed by atoms with Gasteiger partial charge in [0.2, 0.25) is 0 Å². The van der Waals surface area contributed by atoms with Crippen molar-refractivity contribution in [3.8, 4) is 0 Å². The third kappa shape index (κ3) is 14.8. The molecule has 0 aliphatic carbocycles. The van der Waals surface area contributed by atoms with Crippen molar-refractivity contribution in [3.05, 3.63) is 35.4 Å². The molecule has 0 bridgehead atoms. The van der Waals surface area contributed by atoms with Crippen LogP contribution in [0, 0.1) is 0 Å². The Morgan fingerprint density at radius 2 is 0.882 bits per heavy atom. The van der Waals surface area contributed by atoms with Gasteiger partial charge in [-0.05, 0) is 58.4 Å². The van der Waals surface area contributed by atoms with E-state index >= 15 is 0 Å². The Morgan fingerprint density at radius 3 is 1.15 bits per heavy atom. The predicted octanol–water partition coefficient (Wildman–Crippen LogP) is 9.82. The Morgan fingerprint density at radius 1 is 0.588 bits per heavy atom. The van der Waals surface area contributed by atoms with Crippen molar-refractivity contribution < 1.29 is 0 Å². The first kappa shape index (κ1) is 32.4. The molecule has 1 aromatic rings. The fraction of sp³-hybridized carbons (Fsp3) is 0.692. The smallest absolute Gasteiger partial charge is 0.147 e. The normalized spacial score (nSPS) is 10.9. The third-order valence-electron chi connectivity index (χ3n) is 5.38. The van der Waals surface area contributed by atoms with E-state index in [2.05, 4.69) is 61.8 Å². The number of unbranched alkanes of at least 4 members (excludes halogenated alkanes) is 4. The van der Waals surface area contributed by atoms with Crippen LogP contribution in [0.25, 0.3) is 0 Å². The van der Waals surface area contributed by atoms with Gasteiger partial charge in [0.1, 0.15) is 8.64 Å². The van der Waals surface area contributed by atoms with Gasteiger partial charge in [0.05, 0.1) is 0 Å². The van der Waals surface area contributed by atoms with E-state index in [9.17, 15) is 0 Å². The zero-order valence-electron chi connectivity index (χ0n) is 21.6. The second-order valence-corrected chi connectivity index (χ2v) is 14.3. The van der Waals surface area contributed by atoms with Crippen molar-refractivity contribution in [1.29, 1.82) is 0 Å². The van der Waals surface area contributed by atoms with Gasteiger partial charge in [0.25, 0.3) is 0 Å². The minimum Gasteiger partial charge on any atom is -0.357 e. The van der Waals surface area contributed by atoms with Crippen LogP contribution in [0.2, 0.25) is 0 Å². The molecular formula is C26H44N2S6. The Bertz CT molecular complexity index is 595. The summed E-state index contributed by atoms with van der Waals surface area (Å²) in [6, 6.07) is 9.04. The molecule has 0 saturated heterocycles. The number of thiocarbonyl (C=S) groups is 2. The molecule has 0 saturated carbocycles. The van der Waals surface area contributed by atoms with Crippen molar-refractivity contribution in [3.63, 3.8) is 0 Å². The summed E-state index contributed by atoms with van der Waals surface area (Å²) in [5, 5.41) is 0. The van der Waals surface area contributed by atoms with Crippen LogP contribution in [0.5, 0.6) is 0 Å². The summed E-state index contributed by atoms with van der Waals surface area (Å²) in [7, 11) is 7.24. The van der Waals surface area contributed by atoms with Crippen LogP contribution < -0.4 is 0 Å². The average molecular weight is 577 g/mol. The molecule has 8 heteroatoms. The van der Waals surface area contributed by atoms with Crippen LogP contribution >= 0.6 is 67.6 Å². The molecule has 0 spiro atoms. The monoisotopic (exact) mass is 576 g/mol. The summed E-state index contributed by atoms with van der Waals surface area (Å²) in [4.78, 5) is 4.79. The number of hydrogen-bond acceptors (Lipinski definition) is 6. The lowest BCUT2D eigenvalue weighted by molar-refractivity contribution is 0.411. The lowest BCUT2D eigenvalue weighted by Crippen LogP contribution is -2.29. The molecule has 0 unspecified atom stereocenters. The van der Waals surface area contributed by atoms with Crippen molar-refractivity contribution in [1.82, 2.24) is 9.80 Å². The van der Waals surface area contributed by atoms with Crippen molar-refractivity contribution in [2.24, 2.45) is 0 Å². The van der Waals surface area contributed by atoms with Gasteiger partial charge in [-0.1, -0.05) is 124 Å². The molecule has 0 aliphatic rings. The second-order valence-electron chi connectivity index (χ2n) is 8.43. The highest BCUT2D eigenvalue weighted by Crippen LogP contribution is 2.31. The molecule has 1 aromatic carbocycles. The van der Waals surface area contributed by atoms with Gasteiger partial charge in [0.15, 0.2) is 0 Å². The summed E-state index contributed by atoms with van der Waals surface area (Å²) >= 11 is 11.4. The fourth-order valence-electron chi connectivity index (χ4n) is 3.12. The molecular weight excluding hydrogens is 533 g/mol. The number of hydrogen-bond donors (Lipinski definition) is 0. The van der Waals surface area contributed by atoms with Crippen LogP contribution in [0.15, 0.2) is 24.3 Å². The summed E-state index contributed by atoms with van der Waals surface area (Å²) in [5.74, 6) is 1.96. The van der Waals surface area contributed by atoms with Crippen LogP contribution in [0.4, 0.5) is 0 Å². The largest absolute Gasteiger partial charge is 0.357 e. The van der Waals surface area contributed by atoms with E-state index in [1.54, 1.807) is 21.6 Å².